The molecule has 4 heterocycles. The smallest absolute Gasteiger partial charge is 0.261 e. The largest absolute Gasteiger partial charge is 0.490 e. The Balaban J connectivity index is 1.43. The molecule has 4 aromatic rings. The first-order valence-corrected chi connectivity index (χ1v) is 9.90. The van der Waals surface area contributed by atoms with E-state index in [0.29, 0.717) is 40.8 Å². The topological polar surface area (TPSA) is 83.5 Å². The van der Waals surface area contributed by atoms with E-state index in [1.807, 2.05) is 24.3 Å². The van der Waals surface area contributed by atoms with Crippen LogP contribution >= 0.6 is 11.8 Å². The average Bonchev–Trinajstić information content (AvgIpc) is 2.99. The molecule has 0 saturated carbocycles. The molecule has 9 heteroatoms. The van der Waals surface area contributed by atoms with Gasteiger partial charge in [-0.3, -0.25) is 4.79 Å². The van der Waals surface area contributed by atoms with Crippen molar-refractivity contribution in [2.75, 3.05) is 13.2 Å². The first kappa shape index (κ1) is 17.1. The van der Waals surface area contributed by atoms with Gasteiger partial charge in [-0.2, -0.15) is 9.50 Å². The minimum Gasteiger partial charge on any atom is -0.490 e. The highest BCUT2D eigenvalue weighted by Gasteiger charge is 2.13. The van der Waals surface area contributed by atoms with Gasteiger partial charge < -0.3 is 14.0 Å². The molecule has 1 aliphatic heterocycles. The zero-order chi connectivity index (χ0) is 19.1. The number of hydrogen-bond acceptors (Lipinski definition) is 7. The Morgan fingerprint density at radius 2 is 2.04 bits per heavy atom. The van der Waals surface area contributed by atoms with Crippen LogP contribution in [0.2, 0.25) is 0 Å². The Kier molecular flexibility index (Phi) is 4.16. The van der Waals surface area contributed by atoms with Crippen molar-refractivity contribution in [1.82, 2.24) is 24.1 Å². The highest BCUT2D eigenvalue weighted by Crippen LogP contribution is 2.32. The lowest BCUT2D eigenvalue weighted by Crippen LogP contribution is -2.16. The summed E-state index contributed by atoms with van der Waals surface area (Å²) in [4.78, 5) is 21.0. The first-order chi connectivity index (χ1) is 13.7. The molecule has 0 aliphatic carbocycles. The summed E-state index contributed by atoms with van der Waals surface area (Å²) in [5.74, 6) is 2.73. The van der Waals surface area contributed by atoms with E-state index >= 15 is 0 Å². The molecule has 0 amide bonds. The fourth-order valence-electron chi connectivity index (χ4n) is 3.10. The number of rotatable bonds is 3. The minimum atomic E-state index is -0.108. The van der Waals surface area contributed by atoms with Crippen LogP contribution in [0.5, 0.6) is 11.5 Å². The van der Waals surface area contributed by atoms with Gasteiger partial charge in [-0.05, 0) is 23.8 Å². The Hall–Kier alpha value is -3.07. The van der Waals surface area contributed by atoms with Crippen LogP contribution in [0.15, 0.2) is 46.6 Å². The maximum absolute atomic E-state index is 12.3. The van der Waals surface area contributed by atoms with Crippen LogP contribution < -0.4 is 15.0 Å². The molecule has 1 aliphatic rings. The van der Waals surface area contributed by atoms with Gasteiger partial charge in [-0.25, -0.2) is 4.98 Å². The van der Waals surface area contributed by atoms with Crippen molar-refractivity contribution in [3.05, 3.63) is 52.6 Å². The molecule has 0 fully saturated rings. The van der Waals surface area contributed by atoms with E-state index in [1.54, 1.807) is 24.0 Å². The van der Waals surface area contributed by atoms with Crippen LogP contribution in [-0.4, -0.2) is 37.4 Å². The van der Waals surface area contributed by atoms with Gasteiger partial charge in [0, 0.05) is 31.6 Å². The van der Waals surface area contributed by atoms with Crippen molar-refractivity contribution in [3.8, 4) is 11.5 Å². The maximum Gasteiger partial charge on any atom is 0.261 e. The Labute approximate surface area is 164 Å². The van der Waals surface area contributed by atoms with Gasteiger partial charge in [0.2, 0.25) is 5.16 Å². The highest BCUT2D eigenvalue weighted by molar-refractivity contribution is 7.98. The minimum absolute atomic E-state index is 0.108. The lowest BCUT2D eigenvalue weighted by Gasteiger charge is -2.08. The fraction of sp³-hybridized carbons (Fsp3) is 0.263. The van der Waals surface area contributed by atoms with Crippen LogP contribution in [0, 0.1) is 0 Å². The molecular weight excluding hydrogens is 378 g/mol. The third-order valence-electron chi connectivity index (χ3n) is 4.57. The quantitative estimate of drug-likeness (QED) is 0.493. The van der Waals surface area contributed by atoms with Crippen molar-refractivity contribution in [2.45, 2.75) is 17.3 Å². The summed E-state index contributed by atoms with van der Waals surface area (Å²) in [6.45, 7) is 1.34. The predicted molar refractivity (Wildman–Crippen MR) is 105 cm³/mol. The van der Waals surface area contributed by atoms with Gasteiger partial charge >= 0.3 is 0 Å². The normalized spacial score (nSPS) is 13.8. The molecule has 5 rings (SSSR count). The number of aryl methyl sites for hydroxylation is 1. The van der Waals surface area contributed by atoms with Crippen LogP contribution in [0.3, 0.4) is 0 Å². The number of ether oxygens (including phenoxy) is 2. The predicted octanol–water partition coefficient (Wildman–Crippen LogP) is 2.43. The van der Waals surface area contributed by atoms with Gasteiger partial charge in [-0.1, -0.05) is 17.8 Å². The molecule has 28 heavy (non-hydrogen) atoms. The second-order valence-electron chi connectivity index (χ2n) is 6.52. The standard InChI is InChI=1S/C19H17N5O3S/c1-23-6-5-14-13(17(23)25)10-20-18-21-19(22-24(14)18)28-11-12-3-4-15-16(9-12)27-8-2-7-26-15/h3-6,9-10H,2,7-8,11H2,1H3. The molecule has 1 aromatic carbocycles. The van der Waals surface area contributed by atoms with Crippen LogP contribution in [-0.2, 0) is 12.8 Å². The summed E-state index contributed by atoms with van der Waals surface area (Å²) in [7, 11) is 1.71. The third kappa shape index (κ3) is 2.97. The number of pyridine rings is 1. The summed E-state index contributed by atoms with van der Waals surface area (Å²) in [6, 6.07) is 7.81. The van der Waals surface area contributed by atoms with Crippen LogP contribution in [0.4, 0.5) is 0 Å². The van der Waals surface area contributed by atoms with Crippen LogP contribution in [0.25, 0.3) is 16.7 Å². The molecule has 0 bridgehead atoms. The molecular formula is C19H17N5O3S. The third-order valence-corrected chi connectivity index (χ3v) is 5.48. The molecule has 0 atom stereocenters. The van der Waals surface area contributed by atoms with Crippen molar-refractivity contribution < 1.29 is 9.47 Å². The molecule has 0 radical (unpaired) electrons. The van der Waals surface area contributed by atoms with Gasteiger partial charge in [-0.15, -0.1) is 5.10 Å². The van der Waals surface area contributed by atoms with Crippen LogP contribution in [0.1, 0.15) is 12.0 Å². The zero-order valence-electron chi connectivity index (χ0n) is 15.2. The molecule has 3 aromatic heterocycles. The summed E-state index contributed by atoms with van der Waals surface area (Å²) in [5, 5.41) is 5.65. The highest BCUT2D eigenvalue weighted by atomic mass is 32.2. The van der Waals surface area contributed by atoms with Gasteiger partial charge in [0.25, 0.3) is 11.3 Å². The molecule has 0 N–H and O–H groups in total. The van der Waals surface area contributed by atoms with Crippen molar-refractivity contribution in [3.63, 3.8) is 0 Å². The number of nitrogens with zero attached hydrogens (tertiary/aromatic N) is 5. The first-order valence-electron chi connectivity index (χ1n) is 8.91. The van der Waals surface area contributed by atoms with Gasteiger partial charge in [0.1, 0.15) is 0 Å². The van der Waals surface area contributed by atoms with Crippen molar-refractivity contribution >= 4 is 28.4 Å². The van der Waals surface area contributed by atoms with Gasteiger partial charge in [0.05, 0.1) is 24.1 Å². The van der Waals surface area contributed by atoms with E-state index in [-0.39, 0.29) is 5.56 Å². The monoisotopic (exact) mass is 395 g/mol. The van der Waals surface area contributed by atoms with Gasteiger partial charge in [0.15, 0.2) is 11.5 Å². The lowest BCUT2D eigenvalue weighted by atomic mass is 10.2. The van der Waals surface area contributed by atoms with E-state index in [9.17, 15) is 4.79 Å². The molecule has 0 spiro atoms. The molecule has 0 unspecified atom stereocenters. The second-order valence-corrected chi connectivity index (χ2v) is 7.46. The molecule has 142 valence electrons. The molecule has 0 saturated heterocycles. The summed E-state index contributed by atoms with van der Waals surface area (Å²) < 4.78 is 14.6. The van der Waals surface area contributed by atoms with E-state index in [0.717, 1.165) is 23.5 Å². The summed E-state index contributed by atoms with van der Waals surface area (Å²) in [5.41, 5.74) is 1.69. The Morgan fingerprint density at radius 3 is 2.93 bits per heavy atom. The molecule has 8 nitrogen and oxygen atoms in total. The number of aromatic nitrogens is 5. The Morgan fingerprint density at radius 1 is 1.18 bits per heavy atom. The van der Waals surface area contributed by atoms with Crippen molar-refractivity contribution in [1.29, 1.82) is 0 Å². The van der Waals surface area contributed by atoms with E-state index in [4.69, 9.17) is 9.47 Å². The van der Waals surface area contributed by atoms with E-state index < -0.39 is 0 Å². The lowest BCUT2D eigenvalue weighted by molar-refractivity contribution is 0.297. The number of thioether (sulfide) groups is 1. The number of fused-ring (bicyclic) bond motifs is 4. The average molecular weight is 395 g/mol. The van der Waals surface area contributed by atoms with E-state index in [2.05, 4.69) is 15.1 Å². The van der Waals surface area contributed by atoms with Crippen molar-refractivity contribution in [2.24, 2.45) is 7.05 Å². The summed E-state index contributed by atoms with van der Waals surface area (Å²) >= 11 is 1.51. The SMILES string of the molecule is Cn1ccc2c(cnc3nc(SCc4ccc5c(c4)OCCCO5)nn32)c1=O. The fourth-order valence-corrected chi connectivity index (χ4v) is 3.87. The summed E-state index contributed by atoms with van der Waals surface area (Å²) in [6.07, 6.45) is 4.16. The second kappa shape index (κ2) is 6.83. The zero-order valence-corrected chi connectivity index (χ0v) is 16.0. The number of benzene rings is 1. The van der Waals surface area contributed by atoms with E-state index in [1.165, 1.54) is 16.3 Å². The maximum atomic E-state index is 12.3. The Bertz CT molecular complexity index is 1250. The number of hydrogen-bond donors (Lipinski definition) is 0.